The largest absolute Gasteiger partial charge is 0.323 e. The molecule has 0 aliphatic heterocycles. The van der Waals surface area contributed by atoms with Crippen LogP contribution in [0, 0.1) is 10.1 Å². The van der Waals surface area contributed by atoms with E-state index < -0.39 is 4.92 Å². The first kappa shape index (κ1) is 13.0. The third-order valence-corrected chi connectivity index (χ3v) is 2.85. The molecule has 0 saturated heterocycles. The number of rotatable bonds is 3. The van der Waals surface area contributed by atoms with Crippen LogP contribution in [0.1, 0.15) is 11.1 Å². The Kier molecular flexibility index (Phi) is 3.77. The summed E-state index contributed by atoms with van der Waals surface area (Å²) in [5, 5.41) is 14.9. The molecular formula is C13H10ClN3O2. The summed E-state index contributed by atoms with van der Waals surface area (Å²) in [4.78, 5) is 10.1. The molecule has 0 atom stereocenters. The maximum atomic E-state index is 10.6. The van der Waals surface area contributed by atoms with Crippen molar-refractivity contribution < 1.29 is 4.92 Å². The van der Waals surface area contributed by atoms with E-state index >= 15 is 0 Å². The minimum Gasteiger partial charge on any atom is -0.323 e. The predicted octanol–water partition coefficient (Wildman–Crippen LogP) is 2.96. The minimum atomic E-state index is -0.453. The molecule has 0 aliphatic carbocycles. The van der Waals surface area contributed by atoms with Gasteiger partial charge < -0.3 is 5.84 Å². The van der Waals surface area contributed by atoms with Crippen LogP contribution in [0.5, 0.6) is 0 Å². The van der Waals surface area contributed by atoms with Crippen molar-refractivity contribution in [3.05, 3.63) is 74.8 Å². The average Bonchev–Trinajstić information content (AvgIpc) is 2.42. The number of nitrogens with zero attached hydrogens (tertiary/aromatic N) is 2. The summed E-state index contributed by atoms with van der Waals surface area (Å²) >= 11 is 5.82. The fourth-order valence-electron chi connectivity index (χ4n) is 1.66. The maximum Gasteiger partial charge on any atom is 0.269 e. The van der Waals surface area contributed by atoms with Gasteiger partial charge in [-0.1, -0.05) is 23.7 Å². The van der Waals surface area contributed by atoms with Gasteiger partial charge in [-0.2, -0.15) is 5.10 Å². The van der Waals surface area contributed by atoms with Gasteiger partial charge in [-0.3, -0.25) is 10.1 Å². The predicted molar refractivity (Wildman–Crippen MR) is 74.4 cm³/mol. The van der Waals surface area contributed by atoms with Gasteiger partial charge in [-0.25, -0.2) is 0 Å². The molecule has 0 bridgehead atoms. The van der Waals surface area contributed by atoms with Crippen molar-refractivity contribution in [3.63, 3.8) is 0 Å². The molecule has 2 aromatic carbocycles. The van der Waals surface area contributed by atoms with E-state index in [4.69, 9.17) is 17.4 Å². The molecular weight excluding hydrogens is 266 g/mol. The second-order valence-corrected chi connectivity index (χ2v) is 4.23. The lowest BCUT2D eigenvalue weighted by molar-refractivity contribution is -0.384. The van der Waals surface area contributed by atoms with Gasteiger partial charge >= 0.3 is 0 Å². The van der Waals surface area contributed by atoms with Crippen molar-refractivity contribution in [2.45, 2.75) is 0 Å². The zero-order chi connectivity index (χ0) is 13.8. The smallest absolute Gasteiger partial charge is 0.269 e. The average molecular weight is 276 g/mol. The van der Waals surface area contributed by atoms with Crippen LogP contribution in [0.15, 0.2) is 53.6 Å². The van der Waals surface area contributed by atoms with E-state index in [9.17, 15) is 10.1 Å². The third kappa shape index (κ3) is 2.89. The van der Waals surface area contributed by atoms with E-state index in [2.05, 4.69) is 5.10 Å². The molecule has 0 amide bonds. The maximum absolute atomic E-state index is 10.6. The molecule has 5 nitrogen and oxygen atoms in total. The van der Waals surface area contributed by atoms with Crippen LogP contribution in [0.2, 0.25) is 5.02 Å². The minimum absolute atomic E-state index is 0.0243. The number of nitrogens with two attached hydrogens (primary N) is 1. The molecule has 0 unspecified atom stereocenters. The quantitative estimate of drug-likeness (QED) is 0.405. The normalized spacial score (nSPS) is 11.3. The molecule has 19 heavy (non-hydrogen) atoms. The van der Waals surface area contributed by atoms with Crippen LogP contribution in [-0.2, 0) is 0 Å². The zero-order valence-corrected chi connectivity index (χ0v) is 10.5. The number of hydrazone groups is 1. The number of nitro benzene ring substituents is 1. The van der Waals surface area contributed by atoms with Crippen molar-refractivity contribution in [1.82, 2.24) is 0 Å². The lowest BCUT2D eigenvalue weighted by atomic mass is 10.0. The molecule has 0 radical (unpaired) electrons. The van der Waals surface area contributed by atoms with Gasteiger partial charge in [0.1, 0.15) is 0 Å². The Labute approximate surface area is 114 Å². The first-order valence-electron chi connectivity index (χ1n) is 5.40. The molecule has 0 saturated carbocycles. The van der Waals surface area contributed by atoms with Crippen molar-refractivity contribution in [3.8, 4) is 0 Å². The summed E-state index contributed by atoms with van der Waals surface area (Å²) in [6, 6.07) is 13.1. The van der Waals surface area contributed by atoms with Crippen molar-refractivity contribution in [1.29, 1.82) is 0 Å². The van der Waals surface area contributed by atoms with Crippen molar-refractivity contribution in [2.75, 3.05) is 0 Å². The van der Waals surface area contributed by atoms with Crippen LogP contribution >= 0.6 is 11.6 Å². The van der Waals surface area contributed by atoms with Crippen LogP contribution in [-0.4, -0.2) is 10.6 Å². The monoisotopic (exact) mass is 275 g/mol. The number of benzene rings is 2. The van der Waals surface area contributed by atoms with Gasteiger partial charge in [-0.15, -0.1) is 0 Å². The van der Waals surface area contributed by atoms with E-state index in [0.717, 1.165) is 5.56 Å². The molecule has 6 heteroatoms. The molecule has 0 spiro atoms. The number of hydrogen-bond donors (Lipinski definition) is 1. The Morgan fingerprint density at radius 2 is 1.53 bits per heavy atom. The second kappa shape index (κ2) is 5.49. The summed E-state index contributed by atoms with van der Waals surface area (Å²) in [5.74, 6) is 5.39. The molecule has 96 valence electrons. The number of halogens is 1. The summed E-state index contributed by atoms with van der Waals surface area (Å²) in [6.45, 7) is 0. The fraction of sp³-hybridized carbons (Fsp3) is 0. The van der Waals surface area contributed by atoms with Gasteiger partial charge in [0.05, 0.1) is 10.6 Å². The van der Waals surface area contributed by atoms with E-state index in [1.807, 2.05) is 0 Å². The molecule has 0 aromatic heterocycles. The first-order chi connectivity index (χ1) is 9.11. The SMILES string of the molecule is N/N=C(/c1ccc(Cl)cc1)c1ccc([N+](=O)[O-])cc1. The summed E-state index contributed by atoms with van der Waals surface area (Å²) in [5.41, 5.74) is 2.07. The van der Waals surface area contributed by atoms with Crippen molar-refractivity contribution in [2.24, 2.45) is 10.9 Å². The summed E-state index contributed by atoms with van der Waals surface area (Å²) in [6.07, 6.45) is 0. The Balaban J connectivity index is 2.37. The van der Waals surface area contributed by atoms with E-state index in [1.165, 1.54) is 12.1 Å². The summed E-state index contributed by atoms with van der Waals surface area (Å²) < 4.78 is 0. The highest BCUT2D eigenvalue weighted by atomic mass is 35.5. The van der Waals surface area contributed by atoms with Crippen LogP contribution < -0.4 is 5.84 Å². The number of non-ortho nitro benzene ring substituents is 1. The van der Waals surface area contributed by atoms with E-state index in [1.54, 1.807) is 36.4 Å². The molecule has 2 rings (SSSR count). The van der Waals surface area contributed by atoms with Gasteiger partial charge in [0.2, 0.25) is 0 Å². The van der Waals surface area contributed by atoms with Gasteiger partial charge in [-0.05, 0) is 24.3 Å². The van der Waals surface area contributed by atoms with E-state index in [-0.39, 0.29) is 5.69 Å². The molecule has 0 heterocycles. The molecule has 0 fully saturated rings. The lowest BCUT2D eigenvalue weighted by Crippen LogP contribution is -2.06. The second-order valence-electron chi connectivity index (χ2n) is 3.79. The molecule has 2 aromatic rings. The zero-order valence-electron chi connectivity index (χ0n) is 9.79. The Hall–Kier alpha value is -2.40. The molecule has 0 aliphatic rings. The number of hydrogen-bond acceptors (Lipinski definition) is 4. The third-order valence-electron chi connectivity index (χ3n) is 2.60. The number of nitro groups is 1. The highest BCUT2D eigenvalue weighted by Crippen LogP contribution is 2.17. The lowest BCUT2D eigenvalue weighted by Gasteiger charge is -2.05. The highest BCUT2D eigenvalue weighted by molar-refractivity contribution is 6.30. The van der Waals surface area contributed by atoms with Crippen LogP contribution in [0.3, 0.4) is 0 Å². The molecule has 2 N–H and O–H groups in total. The van der Waals surface area contributed by atoms with Crippen LogP contribution in [0.25, 0.3) is 0 Å². The topological polar surface area (TPSA) is 81.5 Å². The van der Waals surface area contributed by atoms with Gasteiger partial charge in [0.25, 0.3) is 5.69 Å². The standard InChI is InChI=1S/C13H10ClN3O2/c14-11-5-1-9(2-6-11)13(16-15)10-3-7-12(8-4-10)17(18)19/h1-8H,15H2/b16-13-. The van der Waals surface area contributed by atoms with Crippen LogP contribution in [0.4, 0.5) is 5.69 Å². The first-order valence-corrected chi connectivity index (χ1v) is 5.78. The van der Waals surface area contributed by atoms with Gasteiger partial charge in [0, 0.05) is 28.3 Å². The van der Waals surface area contributed by atoms with Crippen molar-refractivity contribution >= 4 is 23.0 Å². The Bertz CT molecular complexity index is 621. The fourth-order valence-corrected chi connectivity index (χ4v) is 1.79. The Morgan fingerprint density at radius 1 is 1.05 bits per heavy atom. The van der Waals surface area contributed by atoms with E-state index in [0.29, 0.717) is 16.3 Å². The highest BCUT2D eigenvalue weighted by Gasteiger charge is 2.10. The van der Waals surface area contributed by atoms with Gasteiger partial charge in [0.15, 0.2) is 0 Å². The summed E-state index contributed by atoms with van der Waals surface area (Å²) in [7, 11) is 0. The Morgan fingerprint density at radius 3 is 1.95 bits per heavy atom.